The molecule has 0 saturated carbocycles. The fourth-order valence-corrected chi connectivity index (χ4v) is 3.81. The average molecular weight is 474 g/mol. The van der Waals surface area contributed by atoms with Crippen LogP contribution in [0.15, 0.2) is 29.3 Å². The van der Waals surface area contributed by atoms with Gasteiger partial charge >= 0.3 is 0 Å². The fourth-order valence-electron chi connectivity index (χ4n) is 3.81. The molecule has 0 bridgehead atoms. The Balaban J connectivity index is 1.72. The first kappa shape index (κ1) is 23.6. The van der Waals surface area contributed by atoms with E-state index >= 15 is 0 Å². The molecule has 3 aromatic heterocycles. The van der Waals surface area contributed by atoms with Gasteiger partial charge in [-0.3, -0.25) is 9.59 Å². The van der Waals surface area contributed by atoms with Crippen LogP contribution < -0.4 is 21.5 Å². The van der Waals surface area contributed by atoms with Gasteiger partial charge in [-0.2, -0.15) is 9.61 Å². The molecule has 34 heavy (non-hydrogen) atoms. The van der Waals surface area contributed by atoms with Gasteiger partial charge in [0.15, 0.2) is 5.65 Å². The molecule has 0 aromatic carbocycles. The Morgan fingerprint density at radius 3 is 2.74 bits per heavy atom. The number of halogens is 1. The molecule has 3 aromatic rings. The van der Waals surface area contributed by atoms with Gasteiger partial charge < -0.3 is 30.4 Å². The van der Waals surface area contributed by atoms with Crippen molar-refractivity contribution < 1.29 is 19.0 Å². The topological polar surface area (TPSA) is 135 Å². The van der Waals surface area contributed by atoms with E-state index in [1.54, 1.807) is 27.0 Å². The zero-order valence-corrected chi connectivity index (χ0v) is 19.3. The number of aromatic nitrogens is 4. The standard InChI is InChI=1S/C22H28FN7O4/c1-22(2,12-31)28-20(32)15-10-25-30-18(24-3)9-17(27-19(15)30)26-16-8-13(23)11-29(21(16)33)14-4-6-34-7-5-14/h8-11,14,24,31H,4-7,12H2,1-3H3,(H,26,27)(H,28,32). The number of ether oxygens (including phenoxy) is 1. The minimum atomic E-state index is -0.843. The Hall–Kier alpha value is -3.51. The average Bonchev–Trinajstić information content (AvgIpc) is 3.25. The number of carbonyl (C=O) groups excluding carboxylic acids is 1. The smallest absolute Gasteiger partial charge is 0.274 e. The molecule has 0 aliphatic carbocycles. The lowest BCUT2D eigenvalue weighted by atomic mass is 10.1. The number of fused-ring (bicyclic) bond motifs is 1. The highest BCUT2D eigenvalue weighted by Crippen LogP contribution is 2.24. The quantitative estimate of drug-likeness (QED) is 0.407. The van der Waals surface area contributed by atoms with Crippen molar-refractivity contribution in [1.29, 1.82) is 0 Å². The molecule has 1 aliphatic heterocycles. The zero-order valence-electron chi connectivity index (χ0n) is 19.3. The molecule has 1 aliphatic rings. The van der Waals surface area contributed by atoms with Crippen LogP contribution in [-0.4, -0.2) is 62.6 Å². The molecule has 1 saturated heterocycles. The van der Waals surface area contributed by atoms with Gasteiger partial charge in [-0.05, 0) is 26.7 Å². The lowest BCUT2D eigenvalue weighted by Crippen LogP contribution is -2.46. The molecule has 0 atom stereocenters. The van der Waals surface area contributed by atoms with E-state index in [2.05, 4.69) is 26.0 Å². The number of pyridine rings is 1. The number of rotatable bonds is 7. The van der Waals surface area contributed by atoms with E-state index in [0.29, 0.717) is 31.9 Å². The number of hydrogen-bond donors (Lipinski definition) is 4. The maximum Gasteiger partial charge on any atom is 0.274 e. The van der Waals surface area contributed by atoms with Crippen molar-refractivity contribution >= 4 is 28.9 Å². The number of aliphatic hydroxyl groups is 1. The normalized spacial score (nSPS) is 14.9. The van der Waals surface area contributed by atoms with Gasteiger partial charge in [-0.25, -0.2) is 9.37 Å². The summed E-state index contributed by atoms with van der Waals surface area (Å²) in [6.45, 7) is 4.14. The van der Waals surface area contributed by atoms with Crippen molar-refractivity contribution in [3.63, 3.8) is 0 Å². The SMILES string of the molecule is CNc1cc(Nc2cc(F)cn(C3CCOCC3)c2=O)nc2c(C(=O)NC(C)(C)CO)cnn12. The van der Waals surface area contributed by atoms with Crippen molar-refractivity contribution in [3.8, 4) is 0 Å². The second-order valence-corrected chi connectivity index (χ2v) is 8.82. The number of hydrogen-bond acceptors (Lipinski definition) is 8. The highest BCUT2D eigenvalue weighted by atomic mass is 19.1. The highest BCUT2D eigenvalue weighted by molar-refractivity contribution is 6.00. The van der Waals surface area contributed by atoms with Crippen LogP contribution in [0.5, 0.6) is 0 Å². The summed E-state index contributed by atoms with van der Waals surface area (Å²) in [5.74, 6) is -0.296. The van der Waals surface area contributed by atoms with Gasteiger partial charge in [0.2, 0.25) is 0 Å². The molecule has 4 heterocycles. The van der Waals surface area contributed by atoms with Gasteiger partial charge in [0, 0.05) is 44.6 Å². The third-order valence-electron chi connectivity index (χ3n) is 5.68. The van der Waals surface area contributed by atoms with Crippen molar-refractivity contribution in [2.45, 2.75) is 38.3 Å². The van der Waals surface area contributed by atoms with Crippen molar-refractivity contribution in [3.05, 3.63) is 46.3 Å². The summed E-state index contributed by atoms with van der Waals surface area (Å²) in [6.07, 6.45) is 3.82. The van der Waals surface area contributed by atoms with Gasteiger partial charge in [0.25, 0.3) is 11.5 Å². The molecular formula is C22H28FN7O4. The van der Waals surface area contributed by atoms with Gasteiger partial charge in [-0.15, -0.1) is 0 Å². The van der Waals surface area contributed by atoms with E-state index in [0.717, 1.165) is 6.07 Å². The van der Waals surface area contributed by atoms with Crippen LogP contribution in [0.1, 0.15) is 43.1 Å². The van der Waals surface area contributed by atoms with E-state index < -0.39 is 17.3 Å². The summed E-state index contributed by atoms with van der Waals surface area (Å²) in [4.78, 5) is 30.4. The fraction of sp³-hybridized carbons (Fsp3) is 0.455. The van der Waals surface area contributed by atoms with Crippen molar-refractivity contribution in [2.75, 3.05) is 37.5 Å². The Morgan fingerprint density at radius 2 is 2.06 bits per heavy atom. The maximum atomic E-state index is 14.4. The summed E-state index contributed by atoms with van der Waals surface area (Å²) >= 11 is 0. The Bertz CT molecular complexity index is 1260. The number of amides is 1. The number of carbonyl (C=O) groups is 1. The van der Waals surface area contributed by atoms with Crippen LogP contribution in [0.2, 0.25) is 0 Å². The third-order valence-corrected chi connectivity index (χ3v) is 5.68. The lowest BCUT2D eigenvalue weighted by Gasteiger charge is -2.24. The number of aliphatic hydroxyl groups excluding tert-OH is 1. The van der Waals surface area contributed by atoms with Crippen LogP contribution in [0, 0.1) is 5.82 Å². The van der Waals surface area contributed by atoms with Crippen molar-refractivity contribution in [1.82, 2.24) is 24.5 Å². The number of nitrogens with one attached hydrogen (secondary N) is 3. The van der Waals surface area contributed by atoms with E-state index in [1.807, 2.05) is 0 Å². The summed E-state index contributed by atoms with van der Waals surface area (Å²) < 4.78 is 22.6. The Kier molecular flexibility index (Phi) is 6.53. The van der Waals surface area contributed by atoms with E-state index in [-0.39, 0.29) is 40.9 Å². The zero-order chi connectivity index (χ0) is 24.5. The largest absolute Gasteiger partial charge is 0.394 e. The molecule has 0 spiro atoms. The lowest BCUT2D eigenvalue weighted by molar-refractivity contribution is 0.0684. The number of anilines is 3. The van der Waals surface area contributed by atoms with Gasteiger partial charge in [-0.1, -0.05) is 0 Å². The molecule has 0 unspecified atom stereocenters. The Labute approximate surface area is 194 Å². The first-order valence-electron chi connectivity index (χ1n) is 11.0. The van der Waals surface area contributed by atoms with Crippen LogP contribution in [-0.2, 0) is 4.74 Å². The van der Waals surface area contributed by atoms with E-state index in [9.17, 15) is 19.1 Å². The van der Waals surface area contributed by atoms with Gasteiger partial charge in [0.05, 0.1) is 18.3 Å². The summed E-state index contributed by atoms with van der Waals surface area (Å²) in [7, 11) is 1.68. The Morgan fingerprint density at radius 1 is 1.32 bits per heavy atom. The third kappa shape index (κ3) is 4.73. The maximum absolute atomic E-state index is 14.4. The van der Waals surface area contributed by atoms with E-state index in [1.165, 1.54) is 21.5 Å². The summed E-state index contributed by atoms with van der Waals surface area (Å²) in [6, 6.07) is 2.57. The molecular weight excluding hydrogens is 445 g/mol. The monoisotopic (exact) mass is 473 g/mol. The summed E-state index contributed by atoms with van der Waals surface area (Å²) in [5.41, 5.74) is -0.791. The second-order valence-electron chi connectivity index (χ2n) is 8.82. The van der Waals surface area contributed by atoms with Gasteiger partial charge in [0.1, 0.15) is 28.7 Å². The number of nitrogens with zero attached hydrogens (tertiary/aromatic N) is 4. The minimum absolute atomic E-state index is 0.0253. The molecule has 4 rings (SSSR count). The van der Waals surface area contributed by atoms with Crippen LogP contribution in [0.25, 0.3) is 5.65 Å². The predicted molar refractivity (Wildman–Crippen MR) is 124 cm³/mol. The summed E-state index contributed by atoms with van der Waals surface area (Å²) in [5, 5.41) is 22.3. The van der Waals surface area contributed by atoms with E-state index in [4.69, 9.17) is 4.74 Å². The molecule has 11 nitrogen and oxygen atoms in total. The van der Waals surface area contributed by atoms with Crippen LogP contribution in [0.3, 0.4) is 0 Å². The molecule has 0 radical (unpaired) electrons. The minimum Gasteiger partial charge on any atom is -0.394 e. The molecule has 1 fully saturated rings. The predicted octanol–water partition coefficient (Wildman–Crippen LogP) is 1.67. The molecule has 4 N–H and O–H groups in total. The van der Waals surface area contributed by atoms with Crippen molar-refractivity contribution in [2.24, 2.45) is 0 Å². The first-order valence-corrected chi connectivity index (χ1v) is 11.0. The second kappa shape index (κ2) is 9.39. The molecule has 1 amide bonds. The highest BCUT2D eigenvalue weighted by Gasteiger charge is 2.24. The molecule has 182 valence electrons. The van der Waals surface area contributed by atoms with Crippen LogP contribution >= 0.6 is 0 Å². The first-order chi connectivity index (χ1) is 16.2. The molecule has 12 heteroatoms. The van der Waals surface area contributed by atoms with Crippen LogP contribution in [0.4, 0.5) is 21.7 Å².